The molecule has 2 rings (SSSR count). The van der Waals surface area contributed by atoms with Crippen molar-refractivity contribution >= 4 is 10.0 Å². The Hall–Kier alpha value is -1.93. The van der Waals surface area contributed by atoms with Crippen molar-refractivity contribution in [2.24, 2.45) is 0 Å². The summed E-state index contributed by atoms with van der Waals surface area (Å²) in [6.45, 7) is -0.251. The van der Waals surface area contributed by atoms with Gasteiger partial charge in [-0.3, -0.25) is 0 Å². The topological polar surface area (TPSA) is 37.4 Å². The highest BCUT2D eigenvalue weighted by molar-refractivity contribution is 7.89. The van der Waals surface area contributed by atoms with Crippen LogP contribution in [-0.2, 0) is 16.6 Å². The number of hydrogen-bond donors (Lipinski definition) is 0. The van der Waals surface area contributed by atoms with E-state index in [9.17, 15) is 26.0 Å². The van der Waals surface area contributed by atoms with Crippen LogP contribution in [0, 0.1) is 23.3 Å². The highest BCUT2D eigenvalue weighted by atomic mass is 32.2. The molecule has 0 fully saturated rings. The third-order valence-corrected chi connectivity index (χ3v) is 4.79. The van der Waals surface area contributed by atoms with Crippen LogP contribution in [-0.4, -0.2) is 19.8 Å². The summed E-state index contributed by atoms with van der Waals surface area (Å²) in [6.07, 6.45) is 0. The molecule has 0 heterocycles. The molecule has 0 aliphatic rings. The average Bonchev–Trinajstić information content (AvgIpc) is 2.45. The number of sulfonamides is 1. The fraction of sp³-hybridized carbons (Fsp3) is 0.143. The summed E-state index contributed by atoms with van der Waals surface area (Å²) in [5, 5.41) is 0. The lowest BCUT2D eigenvalue weighted by molar-refractivity contribution is 0.459. The molecule has 22 heavy (non-hydrogen) atoms. The van der Waals surface area contributed by atoms with Crippen LogP contribution < -0.4 is 0 Å². The molecular weight excluding hydrogens is 322 g/mol. The lowest BCUT2D eigenvalue weighted by Gasteiger charge is -2.17. The molecule has 0 atom stereocenters. The Kier molecular flexibility index (Phi) is 4.52. The van der Waals surface area contributed by atoms with Crippen LogP contribution in [0.15, 0.2) is 41.3 Å². The first-order chi connectivity index (χ1) is 10.2. The van der Waals surface area contributed by atoms with Crippen LogP contribution in [0.2, 0.25) is 0 Å². The van der Waals surface area contributed by atoms with E-state index in [2.05, 4.69) is 0 Å². The quantitative estimate of drug-likeness (QED) is 0.807. The molecule has 2 aromatic carbocycles. The second-order valence-corrected chi connectivity index (χ2v) is 6.63. The van der Waals surface area contributed by atoms with Crippen LogP contribution in [0.1, 0.15) is 5.56 Å². The van der Waals surface area contributed by atoms with Crippen LogP contribution in [0.5, 0.6) is 0 Å². The molecule has 0 aliphatic heterocycles. The van der Waals surface area contributed by atoms with Gasteiger partial charge >= 0.3 is 0 Å². The van der Waals surface area contributed by atoms with E-state index in [4.69, 9.17) is 0 Å². The molecule has 0 aromatic heterocycles. The first-order valence-corrected chi connectivity index (χ1v) is 7.51. The lowest BCUT2D eigenvalue weighted by Crippen LogP contribution is -2.26. The SMILES string of the molecule is CN(Cc1ccc(F)c(F)c1)S(=O)(=O)c1ccc(F)c(F)c1. The van der Waals surface area contributed by atoms with Crippen LogP contribution in [0.25, 0.3) is 0 Å². The zero-order valence-electron chi connectivity index (χ0n) is 11.4. The van der Waals surface area contributed by atoms with Gasteiger partial charge in [0.25, 0.3) is 0 Å². The van der Waals surface area contributed by atoms with Crippen molar-refractivity contribution in [1.82, 2.24) is 4.31 Å². The molecule has 0 saturated carbocycles. The highest BCUT2D eigenvalue weighted by Gasteiger charge is 2.22. The maximum absolute atomic E-state index is 13.1. The largest absolute Gasteiger partial charge is 0.243 e. The molecule has 8 heteroatoms. The Morgan fingerprint density at radius 3 is 1.95 bits per heavy atom. The number of rotatable bonds is 4. The lowest BCUT2D eigenvalue weighted by atomic mass is 10.2. The molecule has 0 saturated heterocycles. The van der Waals surface area contributed by atoms with Gasteiger partial charge in [-0.1, -0.05) is 6.07 Å². The van der Waals surface area contributed by atoms with E-state index in [-0.39, 0.29) is 12.1 Å². The summed E-state index contributed by atoms with van der Waals surface area (Å²) in [5.41, 5.74) is 0.215. The van der Waals surface area contributed by atoms with Crippen molar-refractivity contribution in [3.8, 4) is 0 Å². The van der Waals surface area contributed by atoms with E-state index >= 15 is 0 Å². The van der Waals surface area contributed by atoms with E-state index in [0.717, 1.165) is 22.5 Å². The Labute approximate surface area is 124 Å². The van der Waals surface area contributed by atoms with E-state index in [1.807, 2.05) is 0 Å². The molecule has 0 radical (unpaired) electrons. The Bertz CT molecular complexity index is 808. The van der Waals surface area contributed by atoms with Crippen LogP contribution >= 0.6 is 0 Å². The maximum Gasteiger partial charge on any atom is 0.243 e. The third-order valence-electron chi connectivity index (χ3n) is 2.99. The molecular formula is C14H11F4NO2S. The molecule has 3 nitrogen and oxygen atoms in total. The first kappa shape index (κ1) is 16.4. The number of nitrogens with zero attached hydrogens (tertiary/aromatic N) is 1. The molecule has 0 bridgehead atoms. The van der Waals surface area contributed by atoms with Crippen molar-refractivity contribution in [2.45, 2.75) is 11.4 Å². The average molecular weight is 333 g/mol. The second kappa shape index (κ2) is 6.05. The maximum atomic E-state index is 13.1. The predicted octanol–water partition coefficient (Wildman–Crippen LogP) is 3.06. The van der Waals surface area contributed by atoms with Gasteiger partial charge in [0.1, 0.15) is 0 Å². The van der Waals surface area contributed by atoms with Crippen molar-refractivity contribution in [3.63, 3.8) is 0 Å². The smallest absolute Gasteiger partial charge is 0.207 e. The molecule has 0 spiro atoms. The molecule has 0 aliphatic carbocycles. The zero-order valence-corrected chi connectivity index (χ0v) is 12.2. The monoisotopic (exact) mass is 333 g/mol. The fourth-order valence-electron chi connectivity index (χ4n) is 1.80. The van der Waals surface area contributed by atoms with E-state index in [0.29, 0.717) is 12.1 Å². The minimum Gasteiger partial charge on any atom is -0.207 e. The summed E-state index contributed by atoms with van der Waals surface area (Å²) in [5.74, 6) is -4.60. The van der Waals surface area contributed by atoms with Crippen molar-refractivity contribution in [1.29, 1.82) is 0 Å². The number of hydrogen-bond acceptors (Lipinski definition) is 2. The number of benzene rings is 2. The normalized spacial score (nSPS) is 11.9. The highest BCUT2D eigenvalue weighted by Crippen LogP contribution is 2.19. The summed E-state index contributed by atoms with van der Waals surface area (Å²) < 4.78 is 77.2. The predicted molar refractivity (Wildman–Crippen MR) is 71.4 cm³/mol. The van der Waals surface area contributed by atoms with E-state index < -0.39 is 38.2 Å². The summed E-state index contributed by atoms with van der Waals surface area (Å²) >= 11 is 0. The molecule has 2 aromatic rings. The van der Waals surface area contributed by atoms with Gasteiger partial charge in [-0.05, 0) is 35.9 Å². The van der Waals surface area contributed by atoms with Gasteiger partial charge in [0.2, 0.25) is 10.0 Å². The molecule has 0 amide bonds. The van der Waals surface area contributed by atoms with E-state index in [1.54, 1.807) is 0 Å². The van der Waals surface area contributed by atoms with Crippen molar-refractivity contribution in [2.75, 3.05) is 7.05 Å². The fourth-order valence-corrected chi connectivity index (χ4v) is 2.97. The number of halogens is 4. The van der Waals surface area contributed by atoms with E-state index in [1.165, 1.54) is 13.1 Å². The summed E-state index contributed by atoms with van der Waals surface area (Å²) in [4.78, 5) is -0.434. The van der Waals surface area contributed by atoms with Gasteiger partial charge in [0, 0.05) is 13.6 Å². The Balaban J connectivity index is 2.28. The Morgan fingerprint density at radius 2 is 1.41 bits per heavy atom. The van der Waals surface area contributed by atoms with Crippen molar-refractivity contribution in [3.05, 3.63) is 65.2 Å². The van der Waals surface area contributed by atoms with Gasteiger partial charge in [0.05, 0.1) is 4.90 Å². The third kappa shape index (κ3) is 3.28. The second-order valence-electron chi connectivity index (χ2n) is 4.59. The minimum atomic E-state index is -4.09. The van der Waals surface area contributed by atoms with Gasteiger partial charge in [-0.25, -0.2) is 26.0 Å². The van der Waals surface area contributed by atoms with Crippen LogP contribution in [0.3, 0.4) is 0 Å². The van der Waals surface area contributed by atoms with Gasteiger partial charge in [-0.15, -0.1) is 0 Å². The minimum absolute atomic E-state index is 0.215. The Morgan fingerprint density at radius 1 is 0.864 bits per heavy atom. The zero-order chi connectivity index (χ0) is 16.5. The van der Waals surface area contributed by atoms with Crippen LogP contribution in [0.4, 0.5) is 17.6 Å². The molecule has 0 unspecified atom stereocenters. The van der Waals surface area contributed by atoms with Gasteiger partial charge in [0.15, 0.2) is 23.3 Å². The summed E-state index contributed by atoms with van der Waals surface area (Å²) in [6, 6.07) is 5.17. The van der Waals surface area contributed by atoms with Gasteiger partial charge in [-0.2, -0.15) is 4.31 Å². The standard InChI is InChI=1S/C14H11F4NO2S/c1-19(8-9-2-4-11(15)13(17)6-9)22(20,21)10-3-5-12(16)14(18)7-10/h2-7H,8H2,1H3. The van der Waals surface area contributed by atoms with Crippen molar-refractivity contribution < 1.29 is 26.0 Å². The summed E-state index contributed by atoms with van der Waals surface area (Å²) in [7, 11) is -2.90. The molecule has 118 valence electrons. The molecule has 0 N–H and O–H groups in total. The van der Waals surface area contributed by atoms with Gasteiger partial charge < -0.3 is 0 Å². The first-order valence-electron chi connectivity index (χ1n) is 6.07.